The fraction of sp³-hybridized carbons (Fsp3) is 0.0545. The average molecular weight is 804 g/mol. The highest BCUT2D eigenvalue weighted by atomic mass is 32.2. The van der Waals surface area contributed by atoms with Crippen molar-refractivity contribution in [2.24, 2.45) is 0 Å². The highest BCUT2D eigenvalue weighted by molar-refractivity contribution is 8.05. The number of hydrogen-bond donors (Lipinski definition) is 0. The van der Waals surface area contributed by atoms with Crippen LogP contribution in [0, 0.1) is 0 Å². The third kappa shape index (κ3) is 5.68. The second-order valence-corrected chi connectivity index (χ2v) is 18.4. The maximum Gasteiger partial charge on any atom is 0.160 e. The van der Waals surface area contributed by atoms with Gasteiger partial charge in [0.05, 0.1) is 22.4 Å². The summed E-state index contributed by atoms with van der Waals surface area (Å²) in [5.74, 6) is 0.698. The molecule has 0 bridgehead atoms. The van der Waals surface area contributed by atoms with Crippen LogP contribution in [0.25, 0.3) is 83.6 Å². The van der Waals surface area contributed by atoms with Crippen molar-refractivity contribution in [2.75, 3.05) is 0 Å². The first kappa shape index (κ1) is 35.3. The van der Waals surface area contributed by atoms with E-state index >= 15 is 0 Å². The molecule has 0 saturated carbocycles. The van der Waals surface area contributed by atoms with Gasteiger partial charge in [0.2, 0.25) is 0 Å². The van der Waals surface area contributed by atoms with Crippen LogP contribution in [0.4, 0.5) is 0 Å². The van der Waals surface area contributed by atoms with E-state index in [1.807, 2.05) is 35.7 Å². The van der Waals surface area contributed by atoms with Crippen LogP contribution >= 0.6 is 23.5 Å². The Hall–Kier alpha value is -6.66. The Morgan fingerprint density at radius 3 is 1.72 bits per heavy atom. The zero-order valence-corrected chi connectivity index (χ0v) is 34.7. The van der Waals surface area contributed by atoms with E-state index in [9.17, 15) is 0 Å². The van der Waals surface area contributed by atoms with Gasteiger partial charge < -0.3 is 4.57 Å². The molecule has 12 rings (SSSR count). The predicted molar refractivity (Wildman–Crippen MR) is 250 cm³/mol. The molecule has 1 aliphatic heterocycles. The summed E-state index contributed by atoms with van der Waals surface area (Å²) in [6.07, 6.45) is 0. The Balaban J connectivity index is 0.958. The lowest BCUT2D eigenvalue weighted by molar-refractivity contribution is 0.657. The Labute approximate surface area is 357 Å². The SMILES string of the molecule is CC1(C)c2ccc(-c3ccc4c(c3)c3ccccc3n4-c3cccc(-c4nc(-c5ccccc5)cc(-c5ccccc5)n4)c3)cc2-c2cc3c(cc21)Sc1ccccc1S3. The van der Waals surface area contributed by atoms with Crippen LogP contribution in [0.5, 0.6) is 0 Å². The summed E-state index contributed by atoms with van der Waals surface area (Å²) >= 11 is 3.80. The van der Waals surface area contributed by atoms with Gasteiger partial charge in [0.15, 0.2) is 5.82 Å². The van der Waals surface area contributed by atoms with Gasteiger partial charge in [0.25, 0.3) is 0 Å². The summed E-state index contributed by atoms with van der Waals surface area (Å²) < 4.78 is 2.38. The van der Waals surface area contributed by atoms with Crippen molar-refractivity contribution < 1.29 is 0 Å². The van der Waals surface area contributed by atoms with Crippen LogP contribution in [0.2, 0.25) is 0 Å². The monoisotopic (exact) mass is 803 g/mol. The molecule has 3 heterocycles. The van der Waals surface area contributed by atoms with Crippen LogP contribution < -0.4 is 0 Å². The first-order valence-electron chi connectivity index (χ1n) is 20.4. The quantitative estimate of drug-likeness (QED) is 0.173. The van der Waals surface area contributed by atoms with Crippen molar-refractivity contribution >= 4 is 45.3 Å². The van der Waals surface area contributed by atoms with E-state index < -0.39 is 0 Å². The topological polar surface area (TPSA) is 30.7 Å². The number of fused-ring (bicyclic) bond motifs is 8. The number of benzene rings is 8. The summed E-state index contributed by atoms with van der Waals surface area (Å²) in [4.78, 5) is 15.7. The smallest absolute Gasteiger partial charge is 0.160 e. The highest BCUT2D eigenvalue weighted by Crippen LogP contribution is 2.56. The van der Waals surface area contributed by atoms with Crippen LogP contribution in [0.15, 0.2) is 208 Å². The molecule has 284 valence electrons. The van der Waals surface area contributed by atoms with E-state index in [2.05, 4.69) is 194 Å². The van der Waals surface area contributed by atoms with Crippen LogP contribution in [-0.2, 0) is 5.41 Å². The molecule has 0 spiro atoms. The second kappa shape index (κ2) is 13.7. The molecule has 5 heteroatoms. The molecule has 0 amide bonds. The van der Waals surface area contributed by atoms with Gasteiger partial charge in [-0.3, -0.25) is 0 Å². The molecule has 0 saturated heterocycles. The van der Waals surface area contributed by atoms with Gasteiger partial charge in [-0.1, -0.05) is 159 Å². The number of aromatic nitrogens is 3. The zero-order chi connectivity index (χ0) is 40.0. The third-order valence-corrected chi connectivity index (χ3v) is 14.8. The van der Waals surface area contributed by atoms with Gasteiger partial charge >= 0.3 is 0 Å². The fourth-order valence-corrected chi connectivity index (χ4v) is 11.5. The zero-order valence-electron chi connectivity index (χ0n) is 33.1. The van der Waals surface area contributed by atoms with Gasteiger partial charge in [0, 0.05) is 58.1 Å². The molecular formula is C55H37N3S2. The Morgan fingerprint density at radius 1 is 0.400 bits per heavy atom. The fourth-order valence-electron chi connectivity index (χ4n) is 9.26. The maximum atomic E-state index is 5.15. The van der Waals surface area contributed by atoms with E-state index in [4.69, 9.17) is 9.97 Å². The lowest BCUT2D eigenvalue weighted by Crippen LogP contribution is -2.15. The predicted octanol–water partition coefficient (Wildman–Crippen LogP) is 15.2. The second-order valence-electron chi connectivity index (χ2n) is 16.2. The minimum absolute atomic E-state index is 0.0800. The Morgan fingerprint density at radius 2 is 0.983 bits per heavy atom. The van der Waals surface area contributed by atoms with Gasteiger partial charge in [0.1, 0.15) is 0 Å². The number of nitrogens with zero attached hydrogens (tertiary/aromatic N) is 3. The first-order valence-corrected chi connectivity index (χ1v) is 22.0. The lowest BCUT2D eigenvalue weighted by atomic mass is 9.82. The van der Waals surface area contributed by atoms with Gasteiger partial charge in [-0.25, -0.2) is 9.97 Å². The van der Waals surface area contributed by atoms with Gasteiger partial charge in [-0.05, 0) is 100 Å². The molecule has 8 aromatic carbocycles. The van der Waals surface area contributed by atoms with Crippen molar-refractivity contribution in [1.29, 1.82) is 0 Å². The van der Waals surface area contributed by atoms with Crippen LogP contribution in [0.3, 0.4) is 0 Å². The molecule has 2 aromatic heterocycles. The van der Waals surface area contributed by atoms with Crippen molar-refractivity contribution in [3.8, 4) is 61.8 Å². The van der Waals surface area contributed by atoms with E-state index in [0.717, 1.165) is 44.8 Å². The first-order chi connectivity index (χ1) is 29.5. The van der Waals surface area contributed by atoms with Crippen molar-refractivity contribution in [3.63, 3.8) is 0 Å². The molecule has 10 aromatic rings. The lowest BCUT2D eigenvalue weighted by Gasteiger charge is -2.24. The molecule has 0 atom stereocenters. The summed E-state index contributed by atoms with van der Waals surface area (Å²) in [7, 11) is 0. The Bertz CT molecular complexity index is 3290. The molecule has 2 aliphatic rings. The Kier molecular flexibility index (Phi) is 8.06. The normalized spacial score (nSPS) is 13.5. The molecule has 60 heavy (non-hydrogen) atoms. The van der Waals surface area contributed by atoms with Crippen molar-refractivity contribution in [3.05, 3.63) is 199 Å². The van der Waals surface area contributed by atoms with Crippen LogP contribution in [0.1, 0.15) is 25.0 Å². The molecule has 1 aliphatic carbocycles. The largest absolute Gasteiger partial charge is 0.309 e. The van der Waals surface area contributed by atoms with E-state index in [0.29, 0.717) is 5.82 Å². The number of rotatable bonds is 5. The molecule has 3 nitrogen and oxygen atoms in total. The third-order valence-electron chi connectivity index (χ3n) is 12.3. The molecule has 0 radical (unpaired) electrons. The summed E-state index contributed by atoms with van der Waals surface area (Å²) in [5, 5.41) is 2.45. The van der Waals surface area contributed by atoms with E-state index in [1.54, 1.807) is 0 Å². The minimum Gasteiger partial charge on any atom is -0.309 e. The number of para-hydroxylation sites is 1. The van der Waals surface area contributed by atoms with Crippen LogP contribution in [-0.4, -0.2) is 14.5 Å². The van der Waals surface area contributed by atoms with Gasteiger partial charge in [-0.2, -0.15) is 0 Å². The highest BCUT2D eigenvalue weighted by Gasteiger charge is 2.37. The molecule has 0 N–H and O–H groups in total. The van der Waals surface area contributed by atoms with E-state index in [-0.39, 0.29) is 5.41 Å². The molecular weight excluding hydrogens is 767 g/mol. The maximum absolute atomic E-state index is 5.15. The van der Waals surface area contributed by atoms with E-state index in [1.165, 1.54) is 63.7 Å². The average Bonchev–Trinajstić information content (AvgIpc) is 3.75. The summed E-state index contributed by atoms with van der Waals surface area (Å²) in [5.41, 5.74) is 16.1. The van der Waals surface area contributed by atoms with Crippen molar-refractivity contribution in [2.45, 2.75) is 38.8 Å². The standard InChI is InChI=1S/C55H37N3S2/c1-55(2)44-26-24-36(29-41(44)42-31-52-53(32-45(42)55)60-51-23-12-11-22-50(51)59-52)37-25-27-49-43(30-37)40-20-9-10-21-48(40)58(49)39-19-13-18-38(28-39)54-56-46(34-14-5-3-6-15-34)33-47(57-54)35-16-7-4-8-17-35/h3-33H,1-2H3. The van der Waals surface area contributed by atoms with Crippen molar-refractivity contribution in [1.82, 2.24) is 14.5 Å². The van der Waals surface area contributed by atoms with Gasteiger partial charge in [-0.15, -0.1) is 0 Å². The summed E-state index contributed by atoms with van der Waals surface area (Å²) in [6.45, 7) is 4.76. The molecule has 0 fully saturated rings. The number of hydrogen-bond acceptors (Lipinski definition) is 4. The molecule has 0 unspecified atom stereocenters. The summed E-state index contributed by atoms with van der Waals surface area (Å²) in [6, 6.07) is 68.0. The minimum atomic E-state index is -0.0800.